The van der Waals surface area contributed by atoms with E-state index in [2.05, 4.69) is 17.2 Å². The van der Waals surface area contributed by atoms with Crippen LogP contribution >= 0.6 is 0 Å². The Kier molecular flexibility index (Phi) is 11.4. The molecule has 0 bridgehead atoms. The van der Waals surface area contributed by atoms with Crippen molar-refractivity contribution in [2.24, 2.45) is 11.8 Å². The highest BCUT2D eigenvalue weighted by Gasteiger charge is 2.61. The van der Waals surface area contributed by atoms with Gasteiger partial charge in [0.05, 0.1) is 12.7 Å². The fourth-order valence-electron chi connectivity index (χ4n) is 6.91. The van der Waals surface area contributed by atoms with Crippen LogP contribution in [0.1, 0.15) is 97.1 Å². The second-order valence-electron chi connectivity index (χ2n) is 14.0. The maximum Gasteiger partial charge on any atom is 0.408 e. The van der Waals surface area contributed by atoms with Gasteiger partial charge in [-0.3, -0.25) is 9.59 Å². The molecule has 1 saturated heterocycles. The summed E-state index contributed by atoms with van der Waals surface area (Å²) in [5.74, 6) is -2.25. The van der Waals surface area contributed by atoms with Gasteiger partial charge >= 0.3 is 12.1 Å². The van der Waals surface area contributed by atoms with Crippen LogP contribution in [0, 0.1) is 11.8 Å². The zero-order valence-corrected chi connectivity index (χ0v) is 28.0. The van der Waals surface area contributed by atoms with Crippen molar-refractivity contribution in [1.82, 2.24) is 15.5 Å². The first kappa shape index (κ1) is 35.2. The largest absolute Gasteiger partial charge is 0.479 e. The Morgan fingerprint density at radius 3 is 2.46 bits per heavy atom. The number of aliphatic carboxylic acids is 1. The van der Waals surface area contributed by atoms with Crippen molar-refractivity contribution >= 4 is 35.5 Å². The van der Waals surface area contributed by atoms with Gasteiger partial charge in [-0.25, -0.2) is 9.59 Å². The number of hydrogen-bond acceptors (Lipinski definition) is 6. The van der Waals surface area contributed by atoms with E-state index < -0.39 is 47.3 Å². The zero-order chi connectivity index (χ0) is 33.6. The van der Waals surface area contributed by atoms with E-state index in [-0.39, 0.29) is 37.3 Å². The number of carbonyl (C=O) groups is 4. The Labute approximate surface area is 273 Å². The number of likely N-dealkylation sites (tertiary alicyclic amines) is 1. The molecule has 0 unspecified atom stereocenters. The van der Waals surface area contributed by atoms with Gasteiger partial charge in [-0.15, -0.1) is 0 Å². The predicted molar refractivity (Wildman–Crippen MR) is 177 cm³/mol. The number of nitrogens with one attached hydrogen (secondary N) is 2. The van der Waals surface area contributed by atoms with E-state index in [1.165, 1.54) is 4.90 Å². The number of carboxylic acid groups (broad SMARTS) is 1. The number of amides is 3. The summed E-state index contributed by atoms with van der Waals surface area (Å²) in [6.45, 7) is 13.7. The van der Waals surface area contributed by atoms with E-state index in [1.54, 1.807) is 20.8 Å². The first-order chi connectivity index (χ1) is 21.8. The van der Waals surface area contributed by atoms with Crippen LogP contribution in [0.2, 0.25) is 0 Å². The zero-order valence-electron chi connectivity index (χ0n) is 28.0. The van der Waals surface area contributed by atoms with Crippen molar-refractivity contribution in [1.29, 1.82) is 0 Å². The molecule has 3 N–H and O–H groups in total. The highest BCUT2D eigenvalue weighted by atomic mass is 16.6. The van der Waals surface area contributed by atoms with Gasteiger partial charge in [0.25, 0.3) is 0 Å². The average Bonchev–Trinajstić information content (AvgIpc) is 3.56. The summed E-state index contributed by atoms with van der Waals surface area (Å²) in [4.78, 5) is 54.9. The Bertz CT molecular complexity index is 1330. The van der Waals surface area contributed by atoms with Gasteiger partial charge in [-0.05, 0) is 75.5 Å². The molecule has 1 heterocycles. The van der Waals surface area contributed by atoms with E-state index in [9.17, 15) is 24.3 Å². The van der Waals surface area contributed by atoms with Crippen LogP contribution < -0.4 is 10.6 Å². The first-order valence-corrected chi connectivity index (χ1v) is 16.7. The van der Waals surface area contributed by atoms with Gasteiger partial charge in [0, 0.05) is 13.0 Å². The molecule has 1 aromatic rings. The average molecular weight is 638 g/mol. The molecule has 10 heteroatoms. The molecular formula is C36H51N3O7. The molecule has 0 aromatic heterocycles. The number of allylic oxidation sites excluding steroid dienone is 1. The molecule has 4 rings (SSSR count). The minimum Gasteiger partial charge on any atom is -0.479 e. The van der Waals surface area contributed by atoms with Crippen LogP contribution in [-0.2, 0) is 23.9 Å². The Balaban J connectivity index is 1.57. The SMILES string of the molecule is C=C(CO[C@@H]1C[C@@H](C(=O)N[C@]2(C(=O)O)C[C@@H]2CC)N(C(=O)[C@@H](NC(=O)OC(C)(C)C)C2CCCCC2)C1)c1ccccc1/C=C\C. The summed E-state index contributed by atoms with van der Waals surface area (Å²) >= 11 is 0. The monoisotopic (exact) mass is 637 g/mol. The van der Waals surface area contributed by atoms with Gasteiger partial charge in [-0.2, -0.15) is 0 Å². The number of alkyl carbamates (subject to hydrolysis) is 1. The number of ether oxygens (including phenoxy) is 2. The van der Waals surface area contributed by atoms with E-state index in [0.717, 1.165) is 48.8 Å². The fraction of sp³-hybridized carbons (Fsp3) is 0.611. The van der Waals surface area contributed by atoms with E-state index in [4.69, 9.17) is 9.47 Å². The second kappa shape index (κ2) is 14.8. The molecule has 252 valence electrons. The number of hydrogen-bond donors (Lipinski definition) is 3. The molecule has 3 amide bonds. The summed E-state index contributed by atoms with van der Waals surface area (Å²) in [6.07, 6.45) is 8.40. The van der Waals surface area contributed by atoms with Crippen molar-refractivity contribution in [3.63, 3.8) is 0 Å². The fourth-order valence-corrected chi connectivity index (χ4v) is 6.91. The minimum atomic E-state index is -1.33. The number of nitrogens with zero attached hydrogens (tertiary/aromatic N) is 1. The van der Waals surface area contributed by atoms with Crippen LogP contribution in [0.3, 0.4) is 0 Å². The Morgan fingerprint density at radius 1 is 1.15 bits per heavy atom. The smallest absolute Gasteiger partial charge is 0.408 e. The van der Waals surface area contributed by atoms with Gasteiger partial charge in [0.15, 0.2) is 0 Å². The lowest BCUT2D eigenvalue weighted by Gasteiger charge is -2.35. The third kappa shape index (κ3) is 8.37. The van der Waals surface area contributed by atoms with Crippen LogP contribution in [-0.4, -0.2) is 76.4 Å². The summed E-state index contributed by atoms with van der Waals surface area (Å²) in [5.41, 5.74) is 0.638. The molecule has 2 saturated carbocycles. The van der Waals surface area contributed by atoms with Crippen molar-refractivity contribution in [3.05, 3.63) is 48.0 Å². The normalized spacial score (nSPS) is 25.6. The lowest BCUT2D eigenvalue weighted by atomic mass is 9.83. The summed E-state index contributed by atoms with van der Waals surface area (Å²) in [5, 5.41) is 15.6. The van der Waals surface area contributed by atoms with Crippen molar-refractivity contribution < 1.29 is 33.8 Å². The molecule has 3 aliphatic rings. The maximum absolute atomic E-state index is 14.4. The quantitative estimate of drug-likeness (QED) is 0.273. The highest BCUT2D eigenvalue weighted by Crippen LogP contribution is 2.46. The van der Waals surface area contributed by atoms with Crippen molar-refractivity contribution in [2.75, 3.05) is 13.2 Å². The molecule has 5 atom stereocenters. The third-order valence-electron chi connectivity index (χ3n) is 9.42. The molecule has 1 aliphatic heterocycles. The molecule has 1 aromatic carbocycles. The first-order valence-electron chi connectivity index (χ1n) is 16.7. The molecule has 10 nitrogen and oxygen atoms in total. The van der Waals surface area contributed by atoms with Crippen LogP contribution in [0.25, 0.3) is 11.6 Å². The number of benzene rings is 1. The van der Waals surface area contributed by atoms with Gasteiger partial charge < -0.3 is 30.1 Å². The molecule has 2 aliphatic carbocycles. The Hall–Kier alpha value is -3.66. The summed E-state index contributed by atoms with van der Waals surface area (Å²) in [6, 6.07) is 6.03. The van der Waals surface area contributed by atoms with E-state index >= 15 is 0 Å². The molecule has 0 radical (unpaired) electrons. The van der Waals surface area contributed by atoms with Crippen LogP contribution in [0.4, 0.5) is 4.79 Å². The summed E-state index contributed by atoms with van der Waals surface area (Å²) < 4.78 is 11.8. The molecular weight excluding hydrogens is 586 g/mol. The third-order valence-corrected chi connectivity index (χ3v) is 9.42. The molecule has 46 heavy (non-hydrogen) atoms. The minimum absolute atomic E-state index is 0.112. The van der Waals surface area contributed by atoms with E-state index in [1.807, 2.05) is 50.3 Å². The van der Waals surface area contributed by atoms with E-state index in [0.29, 0.717) is 12.8 Å². The maximum atomic E-state index is 14.4. The lowest BCUT2D eigenvalue weighted by Crippen LogP contribution is -2.58. The topological polar surface area (TPSA) is 134 Å². The van der Waals surface area contributed by atoms with Gasteiger partial charge in [0.2, 0.25) is 11.8 Å². The standard InChI is InChI=1S/C36H51N3O7/c1-7-14-24-15-12-13-18-28(24)23(3)22-45-27-19-29(31(40)38-36(33(42)43)20-26(36)8-2)39(21-27)32(41)30(25-16-10-9-11-17-25)37-34(44)46-35(4,5)6/h7,12-15,18,25-27,29-30H,3,8-11,16-17,19-22H2,1-2,4-6H3,(H,37,44)(H,38,40)(H,42,43)/b14-7-/t26-,27+,29-,30-,36+/m0/s1. The molecule has 0 spiro atoms. The van der Waals surface area contributed by atoms with Crippen molar-refractivity contribution in [2.45, 2.75) is 115 Å². The van der Waals surface area contributed by atoms with Crippen LogP contribution in [0.15, 0.2) is 36.9 Å². The lowest BCUT2D eigenvalue weighted by molar-refractivity contribution is -0.146. The predicted octanol–water partition coefficient (Wildman–Crippen LogP) is 5.56. The number of rotatable bonds is 12. The van der Waals surface area contributed by atoms with Gasteiger partial charge in [-0.1, -0.05) is 75.6 Å². The highest BCUT2D eigenvalue weighted by molar-refractivity contribution is 5.96. The molecule has 3 fully saturated rings. The van der Waals surface area contributed by atoms with Crippen LogP contribution in [0.5, 0.6) is 0 Å². The van der Waals surface area contributed by atoms with Gasteiger partial charge in [0.1, 0.15) is 23.2 Å². The summed E-state index contributed by atoms with van der Waals surface area (Å²) in [7, 11) is 0. The number of carboxylic acids is 1. The van der Waals surface area contributed by atoms with Crippen molar-refractivity contribution in [3.8, 4) is 0 Å². The number of carbonyl (C=O) groups excluding carboxylic acids is 3. The second-order valence-corrected chi connectivity index (χ2v) is 14.0. The Morgan fingerprint density at radius 2 is 1.85 bits per heavy atom.